The molecule has 0 radical (unpaired) electrons. The zero-order valence-electron chi connectivity index (χ0n) is 14.2. The Hall–Kier alpha value is -2.40. The molecular weight excluding hydrogens is 305 g/mol. The summed E-state index contributed by atoms with van der Waals surface area (Å²) in [6.07, 6.45) is 2.60. The average molecular weight is 327 g/mol. The Labute approximate surface area is 141 Å². The number of aromatic amines is 1. The molecule has 0 aliphatic carbocycles. The van der Waals surface area contributed by atoms with E-state index in [2.05, 4.69) is 29.1 Å². The van der Waals surface area contributed by atoms with Crippen LogP contribution in [0.4, 0.5) is 10.1 Å². The number of anilines is 1. The molecular formula is C19H22FN3O. The fraction of sp³-hybridized carbons (Fsp3) is 0.316. The molecule has 0 aliphatic heterocycles. The van der Waals surface area contributed by atoms with Gasteiger partial charge in [0, 0.05) is 36.7 Å². The molecule has 2 aromatic heterocycles. The number of nitrogens with zero attached hydrogens (tertiary/aromatic N) is 1. The second-order valence-electron chi connectivity index (χ2n) is 5.98. The molecule has 0 bridgehead atoms. The normalized spacial score (nSPS) is 12.5. The van der Waals surface area contributed by atoms with E-state index in [4.69, 9.17) is 4.74 Å². The van der Waals surface area contributed by atoms with Crippen molar-refractivity contribution >= 4 is 16.6 Å². The van der Waals surface area contributed by atoms with Gasteiger partial charge in [-0.3, -0.25) is 4.98 Å². The topological polar surface area (TPSA) is 49.9 Å². The van der Waals surface area contributed by atoms with Gasteiger partial charge in [0.15, 0.2) is 0 Å². The molecule has 2 N–H and O–H groups in total. The molecule has 3 rings (SSSR count). The Bertz CT molecular complexity index is 826. The zero-order valence-corrected chi connectivity index (χ0v) is 14.2. The molecule has 126 valence electrons. The van der Waals surface area contributed by atoms with E-state index in [-0.39, 0.29) is 11.9 Å². The molecule has 2 heterocycles. The van der Waals surface area contributed by atoms with E-state index >= 15 is 0 Å². The van der Waals surface area contributed by atoms with Gasteiger partial charge in [-0.25, -0.2) is 4.39 Å². The second-order valence-corrected chi connectivity index (χ2v) is 5.98. The largest absolute Gasteiger partial charge is 0.385 e. The minimum Gasteiger partial charge on any atom is -0.385 e. The van der Waals surface area contributed by atoms with Crippen molar-refractivity contribution in [3.05, 3.63) is 59.3 Å². The molecule has 1 unspecified atom stereocenters. The number of ether oxygens (including phenoxy) is 1. The number of hydrogen-bond acceptors (Lipinski definition) is 3. The Balaban J connectivity index is 1.99. The number of aryl methyl sites for hydroxylation is 2. The number of benzene rings is 1. The SMILES string of the molecule is COCCC(Nc1ccc(F)cc1)c1nccc2c(C)c(C)[nH]c12. The van der Waals surface area contributed by atoms with Crippen molar-refractivity contribution in [2.75, 3.05) is 19.0 Å². The number of H-pyrrole nitrogens is 1. The summed E-state index contributed by atoms with van der Waals surface area (Å²) in [7, 11) is 1.69. The van der Waals surface area contributed by atoms with Gasteiger partial charge in [0.25, 0.3) is 0 Å². The molecule has 0 fully saturated rings. The van der Waals surface area contributed by atoms with Crippen LogP contribution in [0, 0.1) is 19.7 Å². The van der Waals surface area contributed by atoms with E-state index < -0.39 is 0 Å². The lowest BCUT2D eigenvalue weighted by atomic mass is 10.1. The number of halogens is 1. The Morgan fingerprint density at radius 3 is 2.67 bits per heavy atom. The van der Waals surface area contributed by atoms with Gasteiger partial charge in [0.2, 0.25) is 0 Å². The first kappa shape index (κ1) is 16.5. The summed E-state index contributed by atoms with van der Waals surface area (Å²) in [5.41, 5.74) is 5.23. The second kappa shape index (κ2) is 7.01. The molecule has 0 spiro atoms. The van der Waals surface area contributed by atoms with Crippen LogP contribution < -0.4 is 5.32 Å². The summed E-state index contributed by atoms with van der Waals surface area (Å²) in [5, 5.41) is 4.63. The maximum absolute atomic E-state index is 13.1. The van der Waals surface area contributed by atoms with Crippen molar-refractivity contribution in [2.45, 2.75) is 26.3 Å². The predicted octanol–water partition coefficient (Wildman–Crippen LogP) is 4.51. The molecule has 1 atom stereocenters. The first-order valence-corrected chi connectivity index (χ1v) is 8.05. The van der Waals surface area contributed by atoms with Gasteiger partial charge < -0.3 is 15.0 Å². The van der Waals surface area contributed by atoms with Crippen LogP contribution in [0.25, 0.3) is 10.9 Å². The quantitative estimate of drug-likeness (QED) is 0.700. The minimum atomic E-state index is -0.246. The number of methoxy groups -OCH3 is 1. The number of rotatable bonds is 6. The standard InChI is InChI=1S/C19H22FN3O/c1-12-13(2)22-18-16(12)8-10-21-19(18)17(9-11-24-3)23-15-6-4-14(20)5-7-15/h4-8,10,17,22-23H,9,11H2,1-3H3. The first-order valence-electron chi connectivity index (χ1n) is 8.05. The van der Waals surface area contributed by atoms with Crippen LogP contribution in [-0.2, 0) is 4.74 Å². The lowest BCUT2D eigenvalue weighted by molar-refractivity contribution is 0.190. The monoisotopic (exact) mass is 327 g/mol. The van der Waals surface area contributed by atoms with Crippen LogP contribution in [0.1, 0.15) is 29.4 Å². The van der Waals surface area contributed by atoms with E-state index in [1.54, 1.807) is 19.2 Å². The Kier molecular flexibility index (Phi) is 4.81. The van der Waals surface area contributed by atoms with Gasteiger partial charge in [-0.05, 0) is 56.2 Å². The van der Waals surface area contributed by atoms with Gasteiger partial charge in [-0.15, -0.1) is 0 Å². The zero-order chi connectivity index (χ0) is 17.1. The third-order valence-corrected chi connectivity index (χ3v) is 4.39. The van der Waals surface area contributed by atoms with Gasteiger partial charge in [-0.1, -0.05) is 0 Å². The van der Waals surface area contributed by atoms with Crippen molar-refractivity contribution in [3.8, 4) is 0 Å². The van der Waals surface area contributed by atoms with Gasteiger partial charge in [0.05, 0.1) is 17.3 Å². The van der Waals surface area contributed by atoms with Crippen molar-refractivity contribution in [1.82, 2.24) is 9.97 Å². The highest BCUT2D eigenvalue weighted by Crippen LogP contribution is 2.30. The van der Waals surface area contributed by atoms with Crippen LogP contribution >= 0.6 is 0 Å². The highest BCUT2D eigenvalue weighted by molar-refractivity contribution is 5.86. The van der Waals surface area contributed by atoms with E-state index in [0.717, 1.165) is 29.0 Å². The number of fused-ring (bicyclic) bond motifs is 1. The van der Waals surface area contributed by atoms with Crippen LogP contribution in [0.5, 0.6) is 0 Å². The summed E-state index contributed by atoms with van der Waals surface area (Å²) < 4.78 is 18.4. The predicted molar refractivity (Wildman–Crippen MR) is 94.8 cm³/mol. The Morgan fingerprint density at radius 2 is 1.96 bits per heavy atom. The lowest BCUT2D eigenvalue weighted by Gasteiger charge is -2.20. The fourth-order valence-electron chi connectivity index (χ4n) is 2.93. The molecule has 3 aromatic rings. The molecule has 0 amide bonds. The van der Waals surface area contributed by atoms with Crippen molar-refractivity contribution < 1.29 is 9.13 Å². The van der Waals surface area contributed by atoms with Gasteiger partial charge >= 0.3 is 0 Å². The summed E-state index contributed by atoms with van der Waals surface area (Å²) in [6.45, 7) is 4.78. The maximum atomic E-state index is 13.1. The molecule has 5 heteroatoms. The molecule has 1 aromatic carbocycles. The van der Waals surface area contributed by atoms with Crippen LogP contribution in [-0.4, -0.2) is 23.7 Å². The van der Waals surface area contributed by atoms with Crippen LogP contribution in [0.3, 0.4) is 0 Å². The van der Waals surface area contributed by atoms with Gasteiger partial charge in [0.1, 0.15) is 5.82 Å². The maximum Gasteiger partial charge on any atom is 0.123 e. The summed E-state index contributed by atoms with van der Waals surface area (Å²) in [6, 6.07) is 8.38. The van der Waals surface area contributed by atoms with Crippen LogP contribution in [0.2, 0.25) is 0 Å². The molecule has 24 heavy (non-hydrogen) atoms. The lowest BCUT2D eigenvalue weighted by Crippen LogP contribution is -2.15. The number of nitrogens with one attached hydrogen (secondary N) is 2. The fourth-order valence-corrected chi connectivity index (χ4v) is 2.93. The van der Waals surface area contributed by atoms with E-state index in [1.165, 1.54) is 23.1 Å². The third-order valence-electron chi connectivity index (χ3n) is 4.39. The number of hydrogen-bond donors (Lipinski definition) is 2. The minimum absolute atomic E-state index is 0.0310. The molecule has 0 saturated carbocycles. The highest BCUT2D eigenvalue weighted by Gasteiger charge is 2.18. The van der Waals surface area contributed by atoms with Gasteiger partial charge in [-0.2, -0.15) is 0 Å². The number of aromatic nitrogens is 2. The summed E-state index contributed by atoms with van der Waals surface area (Å²) >= 11 is 0. The van der Waals surface area contributed by atoms with Crippen LogP contribution in [0.15, 0.2) is 36.5 Å². The summed E-state index contributed by atoms with van der Waals surface area (Å²) in [4.78, 5) is 8.05. The van der Waals surface area contributed by atoms with Crippen molar-refractivity contribution in [3.63, 3.8) is 0 Å². The van der Waals surface area contributed by atoms with E-state index in [9.17, 15) is 4.39 Å². The smallest absolute Gasteiger partial charge is 0.123 e. The first-order chi connectivity index (χ1) is 11.6. The van der Waals surface area contributed by atoms with E-state index in [1.807, 2.05) is 12.3 Å². The third kappa shape index (κ3) is 3.26. The Morgan fingerprint density at radius 1 is 1.21 bits per heavy atom. The van der Waals surface area contributed by atoms with Crippen molar-refractivity contribution in [1.29, 1.82) is 0 Å². The average Bonchev–Trinajstić information content (AvgIpc) is 2.88. The molecule has 0 saturated heterocycles. The summed E-state index contributed by atoms with van der Waals surface area (Å²) in [5.74, 6) is -0.246. The number of pyridine rings is 1. The molecule has 0 aliphatic rings. The van der Waals surface area contributed by atoms with E-state index in [0.29, 0.717) is 6.61 Å². The van der Waals surface area contributed by atoms with Crippen molar-refractivity contribution in [2.24, 2.45) is 0 Å². The molecule has 4 nitrogen and oxygen atoms in total. The highest BCUT2D eigenvalue weighted by atomic mass is 19.1.